The van der Waals surface area contributed by atoms with Gasteiger partial charge < -0.3 is 20.0 Å². The molecule has 0 radical (unpaired) electrons. The molecule has 1 rings (SSSR count). The largest absolute Gasteiger partial charge is 0.488 e. The molecule has 0 saturated carbocycles. The Morgan fingerprint density at radius 2 is 2.20 bits per heavy atom. The Morgan fingerprint density at radius 1 is 1.55 bits per heavy atom. The number of hydrogen-bond donors (Lipinski definition) is 2. The molecule has 0 aliphatic rings. The third kappa shape index (κ3) is 4.59. The first-order valence-corrected chi connectivity index (χ1v) is 6.81. The Kier molecular flexibility index (Phi) is 5.17. The van der Waals surface area contributed by atoms with Crippen LogP contribution >= 0.6 is 0 Å². The number of halogens is 1. The maximum absolute atomic E-state index is 12.6. The minimum Gasteiger partial charge on any atom is -0.358 e. The van der Waals surface area contributed by atoms with E-state index >= 15 is 0 Å². The van der Waals surface area contributed by atoms with Crippen molar-refractivity contribution in [3.63, 3.8) is 0 Å². The van der Waals surface area contributed by atoms with Gasteiger partial charge in [0, 0.05) is 17.7 Å². The van der Waals surface area contributed by atoms with Crippen molar-refractivity contribution >= 4 is 22.7 Å². The monoisotopic (exact) mass is 304 g/mol. The number of hydrogen-bond acceptors (Lipinski definition) is 6. The quantitative estimate of drug-likeness (QED) is 0.567. The summed E-state index contributed by atoms with van der Waals surface area (Å²) in [5.74, 6) is -1.00. The number of nitrogens with one attached hydrogen (secondary N) is 1. The third-order valence-corrected chi connectivity index (χ3v) is 2.68. The van der Waals surface area contributed by atoms with Crippen molar-refractivity contribution in [2.45, 2.75) is 19.5 Å². The Labute approximate surface area is 115 Å². The number of benzene rings is 1. The second kappa shape index (κ2) is 6.44. The first-order chi connectivity index (χ1) is 9.26. The SMILES string of the molecule is CC(C=O)NC(=O)c1ccc(CN)c(OS(=O)(=O)F)c1. The van der Waals surface area contributed by atoms with Gasteiger partial charge in [-0.1, -0.05) is 9.95 Å². The maximum atomic E-state index is 12.6. The summed E-state index contributed by atoms with van der Waals surface area (Å²) in [5, 5.41) is 2.34. The standard InChI is InChI=1S/C11H13FN2O5S/c1-7(6-15)14-11(16)8-2-3-9(5-13)10(4-8)19-20(12,17)18/h2-4,6-7H,5,13H2,1H3,(H,14,16). The van der Waals surface area contributed by atoms with Crippen LogP contribution in [-0.2, 0) is 21.8 Å². The molecule has 110 valence electrons. The van der Waals surface area contributed by atoms with Gasteiger partial charge in [0.25, 0.3) is 5.91 Å². The Hall–Kier alpha value is -2.00. The summed E-state index contributed by atoms with van der Waals surface area (Å²) < 4.78 is 37.7. The molecular formula is C11H13FN2O5S. The van der Waals surface area contributed by atoms with Gasteiger partial charge in [0.15, 0.2) is 5.75 Å². The molecule has 1 aromatic carbocycles. The molecule has 0 aromatic heterocycles. The number of carbonyl (C=O) groups excluding carboxylic acids is 2. The molecule has 3 N–H and O–H groups in total. The molecule has 1 amide bonds. The van der Waals surface area contributed by atoms with Gasteiger partial charge in [0.1, 0.15) is 6.29 Å². The molecule has 0 aliphatic heterocycles. The summed E-state index contributed by atoms with van der Waals surface area (Å²) in [4.78, 5) is 22.2. The molecule has 0 heterocycles. The average molecular weight is 304 g/mol. The van der Waals surface area contributed by atoms with Crippen molar-refractivity contribution in [1.29, 1.82) is 0 Å². The first-order valence-electron chi connectivity index (χ1n) is 5.50. The molecule has 1 atom stereocenters. The van der Waals surface area contributed by atoms with Crippen LogP contribution in [0.5, 0.6) is 5.75 Å². The van der Waals surface area contributed by atoms with E-state index in [0.29, 0.717) is 6.29 Å². The number of amides is 1. The number of nitrogens with two attached hydrogens (primary N) is 1. The number of rotatable bonds is 6. The van der Waals surface area contributed by atoms with Crippen LogP contribution in [0.3, 0.4) is 0 Å². The summed E-state index contributed by atoms with van der Waals surface area (Å²) in [6.07, 6.45) is 0.523. The number of carbonyl (C=O) groups is 2. The van der Waals surface area contributed by atoms with Gasteiger partial charge in [0.2, 0.25) is 0 Å². The van der Waals surface area contributed by atoms with Crippen molar-refractivity contribution < 1.29 is 26.1 Å². The highest BCUT2D eigenvalue weighted by Gasteiger charge is 2.16. The van der Waals surface area contributed by atoms with E-state index in [-0.39, 0.29) is 23.4 Å². The fourth-order valence-electron chi connectivity index (χ4n) is 1.37. The van der Waals surface area contributed by atoms with E-state index in [2.05, 4.69) is 9.50 Å². The second-order valence-corrected chi connectivity index (χ2v) is 4.85. The molecule has 0 bridgehead atoms. The third-order valence-electron chi connectivity index (χ3n) is 2.30. The second-order valence-electron chi connectivity index (χ2n) is 3.90. The topological polar surface area (TPSA) is 116 Å². The van der Waals surface area contributed by atoms with E-state index in [9.17, 15) is 21.9 Å². The number of aldehydes is 1. The lowest BCUT2D eigenvalue weighted by atomic mass is 10.1. The van der Waals surface area contributed by atoms with Gasteiger partial charge in [0.05, 0.1) is 6.04 Å². The van der Waals surface area contributed by atoms with Gasteiger partial charge in [-0.3, -0.25) is 4.79 Å². The zero-order valence-corrected chi connectivity index (χ0v) is 11.3. The summed E-state index contributed by atoms with van der Waals surface area (Å²) in [6, 6.07) is 3.01. The Bertz CT molecular complexity index is 617. The molecule has 1 unspecified atom stereocenters. The van der Waals surface area contributed by atoms with Crippen LogP contribution < -0.4 is 15.2 Å². The molecule has 9 heteroatoms. The smallest absolute Gasteiger partial charge is 0.358 e. The summed E-state index contributed by atoms with van der Waals surface area (Å²) in [7, 11) is -5.22. The van der Waals surface area contributed by atoms with Crippen molar-refractivity contribution in [3.05, 3.63) is 29.3 Å². The van der Waals surface area contributed by atoms with Gasteiger partial charge >= 0.3 is 10.5 Å². The van der Waals surface area contributed by atoms with Crippen LogP contribution in [-0.4, -0.2) is 26.7 Å². The first kappa shape index (κ1) is 16.1. The maximum Gasteiger partial charge on any atom is 0.488 e. The lowest BCUT2D eigenvalue weighted by molar-refractivity contribution is -0.109. The van der Waals surface area contributed by atoms with Crippen LogP contribution in [0, 0.1) is 0 Å². The normalized spacial score (nSPS) is 12.6. The van der Waals surface area contributed by atoms with E-state index < -0.39 is 22.5 Å². The minimum absolute atomic E-state index is 0.00884. The van der Waals surface area contributed by atoms with Crippen molar-refractivity contribution in [1.82, 2.24) is 5.32 Å². The highest BCUT2D eigenvalue weighted by atomic mass is 32.3. The van der Waals surface area contributed by atoms with Crippen LogP contribution in [0.1, 0.15) is 22.8 Å². The predicted molar refractivity (Wildman–Crippen MR) is 68.0 cm³/mol. The van der Waals surface area contributed by atoms with E-state index in [1.807, 2.05) is 0 Å². The van der Waals surface area contributed by atoms with Crippen LogP contribution in [0.2, 0.25) is 0 Å². The van der Waals surface area contributed by atoms with E-state index in [4.69, 9.17) is 5.73 Å². The molecule has 1 aromatic rings. The molecule has 7 nitrogen and oxygen atoms in total. The lowest BCUT2D eigenvalue weighted by Gasteiger charge is -2.10. The summed E-state index contributed by atoms with van der Waals surface area (Å²) >= 11 is 0. The Morgan fingerprint density at radius 3 is 2.70 bits per heavy atom. The van der Waals surface area contributed by atoms with Gasteiger partial charge in [-0.15, -0.1) is 0 Å². The molecule has 0 fully saturated rings. The zero-order chi connectivity index (χ0) is 15.3. The highest BCUT2D eigenvalue weighted by Crippen LogP contribution is 2.22. The fourth-order valence-corrected chi connectivity index (χ4v) is 1.74. The van der Waals surface area contributed by atoms with E-state index in [0.717, 1.165) is 6.07 Å². The van der Waals surface area contributed by atoms with Crippen LogP contribution in [0.25, 0.3) is 0 Å². The fraction of sp³-hybridized carbons (Fsp3) is 0.273. The highest BCUT2D eigenvalue weighted by molar-refractivity contribution is 7.81. The van der Waals surface area contributed by atoms with Gasteiger partial charge in [-0.2, -0.15) is 8.42 Å². The van der Waals surface area contributed by atoms with E-state index in [1.54, 1.807) is 0 Å². The van der Waals surface area contributed by atoms with Crippen LogP contribution in [0.4, 0.5) is 3.89 Å². The molecule has 20 heavy (non-hydrogen) atoms. The summed E-state index contributed by atoms with van der Waals surface area (Å²) in [5.41, 5.74) is 5.58. The lowest BCUT2D eigenvalue weighted by Crippen LogP contribution is -2.33. The average Bonchev–Trinajstić information content (AvgIpc) is 2.36. The Balaban J connectivity index is 3.09. The molecule has 0 aliphatic carbocycles. The molecule has 0 spiro atoms. The van der Waals surface area contributed by atoms with Crippen molar-refractivity contribution in [3.8, 4) is 5.75 Å². The van der Waals surface area contributed by atoms with Gasteiger partial charge in [-0.05, 0) is 19.1 Å². The summed E-state index contributed by atoms with van der Waals surface area (Å²) in [6.45, 7) is 1.36. The van der Waals surface area contributed by atoms with Gasteiger partial charge in [-0.25, -0.2) is 0 Å². The van der Waals surface area contributed by atoms with Crippen LogP contribution in [0.15, 0.2) is 18.2 Å². The predicted octanol–water partition coefficient (Wildman–Crippen LogP) is 0.0556. The molecular weight excluding hydrogens is 291 g/mol. The molecule has 0 saturated heterocycles. The van der Waals surface area contributed by atoms with Crippen molar-refractivity contribution in [2.75, 3.05) is 0 Å². The van der Waals surface area contributed by atoms with E-state index in [1.165, 1.54) is 19.1 Å². The minimum atomic E-state index is -5.22. The zero-order valence-electron chi connectivity index (χ0n) is 10.5. The van der Waals surface area contributed by atoms with Crippen molar-refractivity contribution in [2.24, 2.45) is 5.73 Å².